The first-order valence-electron chi connectivity index (χ1n) is 8.09. The summed E-state index contributed by atoms with van der Waals surface area (Å²) in [4.78, 5) is 22.5. The lowest BCUT2D eigenvalue weighted by Gasteiger charge is -2.41. The lowest BCUT2D eigenvalue weighted by atomic mass is 9.72. The normalized spacial score (nSPS) is 28.4. The number of halogens is 2. The number of nitrogens with one attached hydrogen (secondary N) is 1. The quantitative estimate of drug-likeness (QED) is 0.732. The third-order valence-corrected chi connectivity index (χ3v) is 5.26. The van der Waals surface area contributed by atoms with E-state index in [0.29, 0.717) is 23.9 Å². The van der Waals surface area contributed by atoms with Crippen LogP contribution < -0.4 is 10.1 Å². The SMILES string of the molecule is Cl.O=C(O)c1ccc(Cl)cc1O[C@H]1CC[C@H]2CN[C@H](C(=O)O)C[C@@H]2C1. The number of aromatic carboxylic acids is 1. The number of fused-ring (bicyclic) bond motifs is 1. The molecule has 8 heteroatoms. The van der Waals surface area contributed by atoms with Crippen molar-refractivity contribution < 1.29 is 24.5 Å². The zero-order valence-corrected chi connectivity index (χ0v) is 15.1. The van der Waals surface area contributed by atoms with Crippen LogP contribution in [0.3, 0.4) is 0 Å². The number of rotatable bonds is 4. The van der Waals surface area contributed by atoms with E-state index in [4.69, 9.17) is 16.3 Å². The average Bonchev–Trinajstić information content (AvgIpc) is 2.54. The maximum Gasteiger partial charge on any atom is 0.339 e. The number of hydrogen-bond acceptors (Lipinski definition) is 4. The second-order valence-corrected chi connectivity index (χ2v) is 6.99. The molecule has 1 aromatic carbocycles. The minimum atomic E-state index is -1.05. The molecule has 0 bridgehead atoms. The first-order valence-corrected chi connectivity index (χ1v) is 8.47. The molecule has 1 saturated heterocycles. The van der Waals surface area contributed by atoms with E-state index in [2.05, 4.69) is 5.32 Å². The van der Waals surface area contributed by atoms with Gasteiger partial charge in [0.05, 0.1) is 6.10 Å². The Morgan fingerprint density at radius 3 is 2.60 bits per heavy atom. The lowest BCUT2D eigenvalue weighted by molar-refractivity contribution is -0.141. The van der Waals surface area contributed by atoms with Gasteiger partial charge in [0.2, 0.25) is 0 Å². The monoisotopic (exact) mass is 389 g/mol. The Morgan fingerprint density at radius 1 is 1.16 bits per heavy atom. The summed E-state index contributed by atoms with van der Waals surface area (Å²) in [6.45, 7) is 0.714. The molecule has 3 N–H and O–H groups in total. The van der Waals surface area contributed by atoms with E-state index in [9.17, 15) is 19.8 Å². The van der Waals surface area contributed by atoms with Crippen molar-refractivity contribution in [1.82, 2.24) is 5.32 Å². The van der Waals surface area contributed by atoms with Gasteiger partial charge in [0, 0.05) is 5.02 Å². The molecule has 25 heavy (non-hydrogen) atoms. The number of benzene rings is 1. The van der Waals surface area contributed by atoms with E-state index < -0.39 is 18.0 Å². The van der Waals surface area contributed by atoms with Gasteiger partial charge in [-0.25, -0.2) is 4.79 Å². The summed E-state index contributed by atoms with van der Waals surface area (Å²) in [5.41, 5.74) is 0.0928. The molecule has 1 aliphatic carbocycles. The van der Waals surface area contributed by atoms with Gasteiger partial charge in [0.25, 0.3) is 0 Å². The third-order valence-electron chi connectivity index (χ3n) is 5.02. The fraction of sp³-hybridized carbons (Fsp3) is 0.529. The summed E-state index contributed by atoms with van der Waals surface area (Å²) >= 11 is 5.96. The minimum absolute atomic E-state index is 0. The largest absolute Gasteiger partial charge is 0.489 e. The van der Waals surface area contributed by atoms with Gasteiger partial charge in [-0.3, -0.25) is 4.79 Å². The summed E-state index contributed by atoms with van der Waals surface area (Å²) < 4.78 is 5.94. The standard InChI is InChI=1S/C17H20ClNO5.ClH/c18-11-2-4-13(16(20)21)15(7-11)24-12-3-1-9-8-19-14(17(22)23)6-10(9)5-12;/h2,4,7,9-10,12,14,19H,1,3,5-6,8H2,(H,20,21)(H,22,23);1H/t9-,10-,12-,14-;/m0./s1. The van der Waals surface area contributed by atoms with Gasteiger partial charge in [-0.15, -0.1) is 12.4 Å². The van der Waals surface area contributed by atoms with E-state index >= 15 is 0 Å². The van der Waals surface area contributed by atoms with Crippen molar-refractivity contribution in [2.45, 2.75) is 37.8 Å². The van der Waals surface area contributed by atoms with Crippen LogP contribution in [-0.2, 0) is 4.79 Å². The average molecular weight is 390 g/mol. The zero-order valence-electron chi connectivity index (χ0n) is 13.5. The molecule has 4 atom stereocenters. The van der Waals surface area contributed by atoms with Gasteiger partial charge in [-0.2, -0.15) is 0 Å². The van der Waals surface area contributed by atoms with Crippen molar-refractivity contribution in [1.29, 1.82) is 0 Å². The van der Waals surface area contributed by atoms with Crippen LogP contribution in [0.15, 0.2) is 18.2 Å². The lowest BCUT2D eigenvalue weighted by Crippen LogP contribution is -2.50. The molecular formula is C17H21Cl2NO5. The summed E-state index contributed by atoms with van der Waals surface area (Å²) in [6.07, 6.45) is 2.97. The van der Waals surface area contributed by atoms with Crippen LogP contribution in [-0.4, -0.2) is 40.8 Å². The molecule has 0 amide bonds. The maximum absolute atomic E-state index is 11.3. The van der Waals surface area contributed by atoms with E-state index in [1.807, 2.05) is 0 Å². The number of aliphatic carboxylic acids is 1. The molecule has 1 saturated carbocycles. The number of carboxylic acid groups (broad SMARTS) is 2. The number of carboxylic acids is 2. The van der Waals surface area contributed by atoms with E-state index in [1.165, 1.54) is 18.2 Å². The van der Waals surface area contributed by atoms with Gasteiger partial charge >= 0.3 is 11.9 Å². The molecule has 0 unspecified atom stereocenters. The summed E-state index contributed by atoms with van der Waals surface area (Å²) in [5, 5.41) is 22.0. The number of ether oxygens (including phenoxy) is 1. The highest BCUT2D eigenvalue weighted by Gasteiger charge is 2.38. The minimum Gasteiger partial charge on any atom is -0.489 e. The van der Waals surface area contributed by atoms with Crippen LogP contribution in [0, 0.1) is 11.8 Å². The molecular weight excluding hydrogens is 369 g/mol. The van der Waals surface area contributed by atoms with E-state index in [-0.39, 0.29) is 35.7 Å². The predicted molar refractivity (Wildman–Crippen MR) is 94.9 cm³/mol. The maximum atomic E-state index is 11.3. The molecule has 1 aromatic rings. The first kappa shape index (κ1) is 19.8. The Balaban J connectivity index is 0.00000225. The van der Waals surface area contributed by atoms with Gasteiger partial charge in [-0.05, 0) is 62.3 Å². The van der Waals surface area contributed by atoms with Gasteiger partial charge in [-0.1, -0.05) is 11.6 Å². The van der Waals surface area contributed by atoms with E-state index in [0.717, 1.165) is 19.3 Å². The van der Waals surface area contributed by atoms with Crippen molar-refractivity contribution in [3.63, 3.8) is 0 Å². The molecule has 2 aliphatic rings. The molecule has 0 radical (unpaired) electrons. The number of carbonyl (C=O) groups is 2. The molecule has 1 aliphatic heterocycles. The van der Waals surface area contributed by atoms with Crippen molar-refractivity contribution in [2.24, 2.45) is 11.8 Å². The highest BCUT2D eigenvalue weighted by atomic mass is 35.5. The Morgan fingerprint density at radius 2 is 1.92 bits per heavy atom. The van der Waals surface area contributed by atoms with Crippen LogP contribution in [0.25, 0.3) is 0 Å². The Bertz CT molecular complexity index is 654. The predicted octanol–water partition coefficient (Wildman–Crippen LogP) is 3.07. The zero-order chi connectivity index (χ0) is 17.3. The molecule has 1 heterocycles. The molecule has 0 aromatic heterocycles. The van der Waals surface area contributed by atoms with Crippen LogP contribution >= 0.6 is 24.0 Å². The Hall–Kier alpha value is -1.50. The van der Waals surface area contributed by atoms with Gasteiger partial charge in [0.1, 0.15) is 17.4 Å². The second-order valence-electron chi connectivity index (χ2n) is 6.55. The molecule has 0 spiro atoms. The summed E-state index contributed by atoms with van der Waals surface area (Å²) in [6, 6.07) is 3.99. The van der Waals surface area contributed by atoms with Crippen LogP contribution in [0.1, 0.15) is 36.0 Å². The molecule has 3 rings (SSSR count). The highest BCUT2D eigenvalue weighted by molar-refractivity contribution is 6.30. The Labute approximate surface area is 156 Å². The van der Waals surface area contributed by atoms with Gasteiger partial charge < -0.3 is 20.3 Å². The van der Waals surface area contributed by atoms with E-state index in [1.54, 1.807) is 0 Å². The first-order chi connectivity index (χ1) is 11.4. The highest BCUT2D eigenvalue weighted by Crippen LogP contribution is 2.38. The topological polar surface area (TPSA) is 95.9 Å². The third kappa shape index (κ3) is 4.57. The molecule has 138 valence electrons. The Kier molecular flexibility index (Phi) is 6.54. The van der Waals surface area contributed by atoms with Crippen LogP contribution in [0.4, 0.5) is 0 Å². The molecule has 6 nitrogen and oxygen atoms in total. The number of piperidine rings is 1. The smallest absolute Gasteiger partial charge is 0.339 e. The van der Waals surface area contributed by atoms with Crippen LogP contribution in [0.2, 0.25) is 5.02 Å². The fourth-order valence-electron chi connectivity index (χ4n) is 3.77. The second kappa shape index (κ2) is 8.25. The van der Waals surface area contributed by atoms with Crippen molar-refractivity contribution in [3.05, 3.63) is 28.8 Å². The molecule has 2 fully saturated rings. The summed E-state index contributed by atoms with van der Waals surface area (Å²) in [5.74, 6) is -0.859. The fourth-order valence-corrected chi connectivity index (χ4v) is 3.93. The van der Waals surface area contributed by atoms with Crippen molar-refractivity contribution >= 4 is 35.9 Å². The number of hydrogen-bond donors (Lipinski definition) is 3. The van der Waals surface area contributed by atoms with Crippen molar-refractivity contribution in [3.8, 4) is 5.75 Å². The van der Waals surface area contributed by atoms with Crippen LogP contribution in [0.5, 0.6) is 5.75 Å². The van der Waals surface area contributed by atoms with Crippen molar-refractivity contribution in [2.75, 3.05) is 6.54 Å². The van der Waals surface area contributed by atoms with Gasteiger partial charge in [0.15, 0.2) is 0 Å². The summed E-state index contributed by atoms with van der Waals surface area (Å²) in [7, 11) is 0.